The minimum atomic E-state index is -0.928. The van der Waals surface area contributed by atoms with E-state index in [2.05, 4.69) is 43.3 Å². The zero-order valence-corrected chi connectivity index (χ0v) is 21.3. The Labute approximate surface area is 196 Å². The predicted octanol–water partition coefficient (Wildman–Crippen LogP) is 10.1. The van der Waals surface area contributed by atoms with Crippen LogP contribution < -0.4 is 0 Å². The van der Waals surface area contributed by atoms with E-state index in [9.17, 15) is 0 Å². The largest absolute Gasteiger partial charge is 0.0843 e. The molecule has 0 unspecified atom stereocenters. The molecule has 2 aromatic rings. The Kier molecular flexibility index (Phi) is 8.35. The zero-order valence-electron chi connectivity index (χ0n) is 19.6. The lowest BCUT2D eigenvalue weighted by Gasteiger charge is -2.43. The second-order valence-corrected chi connectivity index (χ2v) is 16.0. The van der Waals surface area contributed by atoms with Crippen LogP contribution in [0.1, 0.15) is 82.6 Å². The Morgan fingerprint density at radius 2 is 1.26 bits per heavy atom. The molecule has 0 saturated carbocycles. The Bertz CT molecular complexity index is 776. The van der Waals surface area contributed by atoms with Gasteiger partial charge in [-0.2, -0.15) is 0 Å². The van der Waals surface area contributed by atoms with Gasteiger partial charge in [0.15, 0.2) is 0 Å². The van der Waals surface area contributed by atoms with E-state index in [1.807, 2.05) is 12.1 Å². The Morgan fingerprint density at radius 1 is 0.710 bits per heavy atom. The molecule has 168 valence electrons. The lowest BCUT2D eigenvalue weighted by Crippen LogP contribution is -2.41. The molecular formula is C29H41ClSi. The monoisotopic (exact) mass is 452 g/mol. The molecule has 0 atom stereocenters. The zero-order chi connectivity index (χ0) is 21.5. The fourth-order valence-electron chi connectivity index (χ4n) is 6.27. The highest BCUT2D eigenvalue weighted by atomic mass is 35.5. The first-order valence-electron chi connectivity index (χ1n) is 13.0. The third-order valence-corrected chi connectivity index (χ3v) is 14.1. The van der Waals surface area contributed by atoms with E-state index in [0.29, 0.717) is 0 Å². The number of benzene rings is 2. The Hall–Kier alpha value is -1.05. The molecule has 1 spiro atoms. The maximum absolute atomic E-state index is 6.04. The van der Waals surface area contributed by atoms with E-state index < -0.39 is 8.07 Å². The standard InChI is InChI=1S/C29H41ClSi/c1-2-3-4-5-6-7-24-16-20-31(21-17-24)22-18-28(19-23-31)26-10-8-25(9-11-26)27-12-14-29(30)15-13-27/h8-15,24,28H,2-7,16-23H2,1H3. The maximum Gasteiger partial charge on any atom is 0.0536 e. The summed E-state index contributed by atoms with van der Waals surface area (Å²) in [4.78, 5) is 0. The van der Waals surface area contributed by atoms with E-state index in [-0.39, 0.29) is 0 Å². The van der Waals surface area contributed by atoms with Crippen LogP contribution in [0.3, 0.4) is 0 Å². The molecule has 0 radical (unpaired) electrons. The van der Waals surface area contributed by atoms with Crippen molar-refractivity contribution in [1.29, 1.82) is 0 Å². The van der Waals surface area contributed by atoms with Crippen molar-refractivity contribution >= 4 is 19.7 Å². The summed E-state index contributed by atoms with van der Waals surface area (Å²) in [5, 5.41) is 0.807. The van der Waals surface area contributed by atoms with E-state index in [0.717, 1.165) is 16.9 Å². The Balaban J connectivity index is 1.23. The van der Waals surface area contributed by atoms with Crippen molar-refractivity contribution in [3.05, 3.63) is 59.1 Å². The summed E-state index contributed by atoms with van der Waals surface area (Å²) >= 11 is 6.04. The van der Waals surface area contributed by atoms with Gasteiger partial charge in [-0.25, -0.2) is 0 Å². The molecule has 0 nitrogen and oxygen atoms in total. The molecule has 31 heavy (non-hydrogen) atoms. The topological polar surface area (TPSA) is 0 Å². The highest BCUT2D eigenvalue weighted by Gasteiger charge is 2.40. The summed E-state index contributed by atoms with van der Waals surface area (Å²) in [6, 6.07) is 24.1. The molecule has 0 aliphatic carbocycles. The minimum absolute atomic E-state index is 0.800. The number of unbranched alkanes of at least 4 members (excludes halogenated alkanes) is 4. The van der Waals surface area contributed by atoms with Gasteiger partial charge in [0.1, 0.15) is 0 Å². The van der Waals surface area contributed by atoms with Crippen LogP contribution >= 0.6 is 11.6 Å². The van der Waals surface area contributed by atoms with Crippen molar-refractivity contribution in [3.8, 4) is 11.1 Å². The van der Waals surface area contributed by atoms with Crippen LogP contribution in [0.2, 0.25) is 29.2 Å². The van der Waals surface area contributed by atoms with Crippen LogP contribution in [-0.2, 0) is 0 Å². The van der Waals surface area contributed by atoms with Crippen molar-refractivity contribution in [3.63, 3.8) is 0 Å². The van der Waals surface area contributed by atoms with E-state index in [1.54, 1.807) is 42.6 Å². The third kappa shape index (κ3) is 6.26. The van der Waals surface area contributed by atoms with Crippen molar-refractivity contribution < 1.29 is 0 Å². The molecule has 2 heteroatoms. The minimum Gasteiger partial charge on any atom is -0.0843 e. The highest BCUT2D eigenvalue weighted by molar-refractivity contribution is 6.80. The summed E-state index contributed by atoms with van der Waals surface area (Å²) < 4.78 is 0. The first kappa shape index (κ1) is 23.1. The lowest BCUT2D eigenvalue weighted by molar-refractivity contribution is 0.404. The number of hydrogen-bond acceptors (Lipinski definition) is 0. The smallest absolute Gasteiger partial charge is 0.0536 e. The Morgan fingerprint density at radius 3 is 1.87 bits per heavy atom. The van der Waals surface area contributed by atoms with Crippen LogP contribution in [0.25, 0.3) is 11.1 Å². The quantitative estimate of drug-likeness (QED) is 0.276. The third-order valence-electron chi connectivity index (χ3n) is 8.49. The van der Waals surface area contributed by atoms with E-state index in [4.69, 9.17) is 11.6 Å². The molecule has 0 amide bonds. The van der Waals surface area contributed by atoms with E-state index in [1.165, 1.54) is 62.5 Å². The van der Waals surface area contributed by atoms with Gasteiger partial charge in [0, 0.05) is 5.02 Å². The predicted molar refractivity (Wildman–Crippen MR) is 140 cm³/mol. The summed E-state index contributed by atoms with van der Waals surface area (Å²) in [7, 11) is -0.928. The normalized spacial score (nSPS) is 26.3. The molecule has 2 saturated heterocycles. The van der Waals surface area contributed by atoms with Crippen molar-refractivity contribution in [2.24, 2.45) is 5.92 Å². The number of halogens is 1. The van der Waals surface area contributed by atoms with Crippen molar-refractivity contribution in [2.45, 2.75) is 101 Å². The van der Waals surface area contributed by atoms with Gasteiger partial charge in [-0.3, -0.25) is 0 Å². The molecule has 2 heterocycles. The second-order valence-electron chi connectivity index (χ2n) is 10.5. The second kappa shape index (κ2) is 11.2. The maximum atomic E-state index is 6.04. The molecule has 2 aromatic carbocycles. The van der Waals surface area contributed by atoms with Gasteiger partial charge in [-0.05, 0) is 53.5 Å². The van der Waals surface area contributed by atoms with Crippen LogP contribution in [0, 0.1) is 5.92 Å². The molecule has 2 fully saturated rings. The molecule has 0 N–H and O–H groups in total. The average Bonchev–Trinajstić information content (AvgIpc) is 2.82. The highest BCUT2D eigenvalue weighted by Crippen LogP contribution is 2.47. The molecule has 2 aliphatic heterocycles. The van der Waals surface area contributed by atoms with Crippen LogP contribution in [0.15, 0.2) is 48.5 Å². The lowest BCUT2D eigenvalue weighted by atomic mass is 9.92. The van der Waals surface area contributed by atoms with Gasteiger partial charge in [0.25, 0.3) is 0 Å². The summed E-state index contributed by atoms with van der Waals surface area (Å²) in [5.41, 5.74) is 4.13. The summed E-state index contributed by atoms with van der Waals surface area (Å²) in [5.74, 6) is 1.87. The van der Waals surface area contributed by atoms with Gasteiger partial charge >= 0.3 is 0 Å². The summed E-state index contributed by atoms with van der Waals surface area (Å²) in [6.45, 7) is 2.32. The van der Waals surface area contributed by atoms with Gasteiger partial charge in [-0.1, -0.05) is 130 Å². The average molecular weight is 453 g/mol. The van der Waals surface area contributed by atoms with Gasteiger partial charge < -0.3 is 0 Å². The first-order valence-corrected chi connectivity index (χ1v) is 16.2. The number of rotatable bonds is 8. The van der Waals surface area contributed by atoms with Crippen LogP contribution in [0.5, 0.6) is 0 Å². The van der Waals surface area contributed by atoms with Crippen LogP contribution in [-0.4, -0.2) is 8.07 Å². The van der Waals surface area contributed by atoms with Gasteiger partial charge in [0.2, 0.25) is 0 Å². The molecule has 2 aliphatic rings. The van der Waals surface area contributed by atoms with Crippen molar-refractivity contribution in [2.75, 3.05) is 0 Å². The van der Waals surface area contributed by atoms with Gasteiger partial charge in [0.05, 0.1) is 8.07 Å². The molecule has 0 aromatic heterocycles. The molecule has 0 bridgehead atoms. The fraction of sp³-hybridized carbons (Fsp3) is 0.586. The van der Waals surface area contributed by atoms with Gasteiger partial charge in [-0.15, -0.1) is 0 Å². The SMILES string of the molecule is CCCCCCCC1CC[Si]2(CC1)CCC(c1ccc(-c3ccc(Cl)cc3)cc1)CC2. The first-order chi connectivity index (χ1) is 15.2. The van der Waals surface area contributed by atoms with E-state index >= 15 is 0 Å². The van der Waals surface area contributed by atoms with Crippen LogP contribution in [0.4, 0.5) is 0 Å². The molecule has 4 rings (SSSR count). The summed E-state index contributed by atoms with van der Waals surface area (Å²) in [6.07, 6.45) is 14.8. The van der Waals surface area contributed by atoms with Crippen molar-refractivity contribution in [1.82, 2.24) is 0 Å². The fourth-order valence-corrected chi connectivity index (χ4v) is 11.9. The molecular weight excluding hydrogens is 412 g/mol. The number of hydrogen-bond donors (Lipinski definition) is 0.